The summed E-state index contributed by atoms with van der Waals surface area (Å²) in [4.78, 5) is 12.5. The van der Waals surface area contributed by atoms with Gasteiger partial charge in [0, 0.05) is 12.1 Å². The maximum Gasteiger partial charge on any atom is 0.492 e. The van der Waals surface area contributed by atoms with Crippen LogP contribution >= 0.6 is 12.2 Å². The predicted octanol–water partition coefficient (Wildman–Crippen LogP) is 3.86. The van der Waals surface area contributed by atoms with E-state index in [2.05, 4.69) is 5.32 Å². The molecule has 1 aromatic carbocycles. The van der Waals surface area contributed by atoms with E-state index in [0.717, 1.165) is 16.6 Å². The average molecular weight is 418 g/mol. The molecule has 29 heavy (non-hydrogen) atoms. The van der Waals surface area contributed by atoms with Gasteiger partial charge in [0.25, 0.3) is 0 Å². The van der Waals surface area contributed by atoms with Crippen molar-refractivity contribution in [3.63, 3.8) is 0 Å². The van der Waals surface area contributed by atoms with Crippen LogP contribution < -0.4 is 11.1 Å². The van der Waals surface area contributed by atoms with Crippen LogP contribution in [0.1, 0.15) is 59.6 Å². The van der Waals surface area contributed by atoms with Gasteiger partial charge in [-0.1, -0.05) is 36.5 Å². The second kappa shape index (κ2) is 8.46. The fourth-order valence-corrected chi connectivity index (χ4v) is 2.81. The maximum atomic E-state index is 12.2. The fourth-order valence-electron chi connectivity index (χ4n) is 2.68. The Bertz CT molecular complexity index is 799. The molecule has 0 unspecified atom stereocenters. The van der Waals surface area contributed by atoms with Crippen molar-refractivity contribution in [2.24, 2.45) is 5.73 Å². The van der Waals surface area contributed by atoms with Crippen LogP contribution in [0.2, 0.25) is 0 Å². The van der Waals surface area contributed by atoms with Crippen molar-refractivity contribution < 1.29 is 18.8 Å². The lowest BCUT2D eigenvalue weighted by Gasteiger charge is -2.32. The minimum atomic E-state index is -0.608. The van der Waals surface area contributed by atoms with E-state index in [1.807, 2.05) is 78.8 Å². The first-order chi connectivity index (χ1) is 13.2. The molecule has 1 aliphatic rings. The number of hydrogen-bond donors (Lipinski definition) is 2. The highest BCUT2D eigenvalue weighted by Gasteiger charge is 2.52. The number of carbonyl (C=O) groups excluding carboxylic acids is 1. The number of nitrogens with two attached hydrogens (primary N) is 1. The van der Waals surface area contributed by atoms with Gasteiger partial charge in [0.05, 0.1) is 11.2 Å². The van der Waals surface area contributed by atoms with Crippen LogP contribution in [0.5, 0.6) is 0 Å². The van der Waals surface area contributed by atoms with Crippen molar-refractivity contribution in [1.82, 2.24) is 5.32 Å². The maximum absolute atomic E-state index is 12.2. The van der Waals surface area contributed by atoms with Crippen molar-refractivity contribution in [1.29, 1.82) is 0 Å². The lowest BCUT2D eigenvalue weighted by molar-refractivity contribution is 0.00578. The number of nitrogens with one attached hydrogen (secondary N) is 1. The molecule has 1 aliphatic heterocycles. The minimum Gasteiger partial charge on any atom is -0.444 e. The molecule has 158 valence electrons. The van der Waals surface area contributed by atoms with Crippen molar-refractivity contribution in [3.05, 3.63) is 40.9 Å². The van der Waals surface area contributed by atoms with Gasteiger partial charge in [0.15, 0.2) is 0 Å². The number of carbonyl (C=O) groups is 1. The summed E-state index contributed by atoms with van der Waals surface area (Å²) < 4.78 is 17.7. The number of benzene rings is 1. The van der Waals surface area contributed by atoms with Crippen molar-refractivity contribution in [2.45, 2.75) is 65.3 Å². The summed E-state index contributed by atoms with van der Waals surface area (Å²) >= 11 is 5.07. The Morgan fingerprint density at radius 3 is 2.34 bits per heavy atom. The van der Waals surface area contributed by atoms with E-state index in [1.165, 1.54) is 0 Å². The number of alkyl carbamates (subject to hydrolysis) is 1. The molecule has 0 spiro atoms. The molecular formula is C21H31BN2O4S. The van der Waals surface area contributed by atoms with Crippen LogP contribution in [-0.2, 0) is 14.0 Å². The Labute approximate surface area is 179 Å². The molecule has 0 saturated carbocycles. The van der Waals surface area contributed by atoms with E-state index in [1.54, 1.807) is 0 Å². The third-order valence-corrected chi connectivity index (χ3v) is 5.15. The smallest absolute Gasteiger partial charge is 0.444 e. The molecule has 3 N–H and O–H groups in total. The van der Waals surface area contributed by atoms with Crippen LogP contribution in [0.25, 0.3) is 6.08 Å². The topological polar surface area (TPSA) is 82.8 Å². The molecule has 1 aromatic rings. The number of thiocarbonyl (C=S) groups is 1. The van der Waals surface area contributed by atoms with Crippen LogP contribution in [0.3, 0.4) is 0 Å². The Hall–Kier alpha value is -1.90. The summed E-state index contributed by atoms with van der Waals surface area (Å²) in [5, 5.41) is 2.79. The molecule has 1 amide bonds. The van der Waals surface area contributed by atoms with Gasteiger partial charge in [-0.3, -0.25) is 0 Å². The largest absolute Gasteiger partial charge is 0.492 e. The molecule has 1 fully saturated rings. The van der Waals surface area contributed by atoms with Gasteiger partial charge in [-0.25, -0.2) is 4.79 Å². The SMILES string of the molecule is CC(C)(C)OC(=O)NCC(=Cc1cccc(C(N)=S)c1)B1OC(C)(C)C(C)(C)O1. The van der Waals surface area contributed by atoms with Crippen LogP contribution in [0.4, 0.5) is 4.79 Å². The summed E-state index contributed by atoms with van der Waals surface area (Å²) in [7, 11) is -0.608. The first-order valence-corrected chi connectivity index (χ1v) is 10.0. The zero-order valence-electron chi connectivity index (χ0n) is 18.3. The monoisotopic (exact) mass is 418 g/mol. The molecule has 6 nitrogen and oxygen atoms in total. The number of amides is 1. The van der Waals surface area contributed by atoms with Gasteiger partial charge in [-0.05, 0) is 65.6 Å². The molecule has 0 aromatic heterocycles. The van der Waals surface area contributed by atoms with Crippen LogP contribution in [0, 0.1) is 0 Å². The molecule has 0 radical (unpaired) electrons. The first-order valence-electron chi connectivity index (χ1n) is 9.63. The van der Waals surface area contributed by atoms with E-state index in [0.29, 0.717) is 4.99 Å². The average Bonchev–Trinajstić information content (AvgIpc) is 2.77. The molecule has 1 saturated heterocycles. The molecule has 8 heteroatoms. The summed E-state index contributed by atoms with van der Waals surface area (Å²) in [6, 6.07) is 7.55. The zero-order chi connectivity index (χ0) is 22.0. The van der Waals surface area contributed by atoms with Crippen LogP contribution in [0.15, 0.2) is 29.7 Å². The van der Waals surface area contributed by atoms with Gasteiger partial charge >= 0.3 is 13.2 Å². The molecule has 2 rings (SSSR count). The summed E-state index contributed by atoms with van der Waals surface area (Å²) in [5.74, 6) is 0. The predicted molar refractivity (Wildman–Crippen MR) is 121 cm³/mol. The molecule has 0 bridgehead atoms. The Morgan fingerprint density at radius 2 is 1.83 bits per heavy atom. The molecule has 0 aliphatic carbocycles. The number of hydrogen-bond acceptors (Lipinski definition) is 5. The van der Waals surface area contributed by atoms with E-state index in [9.17, 15) is 4.79 Å². The number of ether oxygens (including phenoxy) is 1. The highest BCUT2D eigenvalue weighted by molar-refractivity contribution is 7.80. The van der Waals surface area contributed by atoms with Crippen molar-refractivity contribution in [2.75, 3.05) is 6.54 Å². The summed E-state index contributed by atoms with van der Waals surface area (Å²) in [6.45, 7) is 13.6. The Kier molecular flexibility index (Phi) is 6.82. The highest BCUT2D eigenvalue weighted by atomic mass is 32.1. The van der Waals surface area contributed by atoms with Gasteiger partial charge < -0.3 is 25.1 Å². The fraction of sp³-hybridized carbons (Fsp3) is 0.524. The summed E-state index contributed by atoms with van der Waals surface area (Å²) in [5.41, 5.74) is 6.58. The van der Waals surface area contributed by atoms with Gasteiger partial charge in [-0.15, -0.1) is 0 Å². The standard InChI is InChI=1S/C21H31BN2O4S/c1-19(2,3)26-18(25)24-13-16(22-27-20(4,5)21(6,7)28-22)12-14-9-8-10-15(11-14)17(23)29/h8-12H,13H2,1-7H3,(H2,23,29)(H,24,25). The zero-order valence-corrected chi connectivity index (χ0v) is 19.1. The van der Waals surface area contributed by atoms with Gasteiger partial charge in [0.1, 0.15) is 10.6 Å². The first kappa shape index (κ1) is 23.4. The van der Waals surface area contributed by atoms with Gasteiger partial charge in [0.2, 0.25) is 0 Å². The van der Waals surface area contributed by atoms with Crippen molar-refractivity contribution in [3.8, 4) is 0 Å². The molecule has 1 heterocycles. The van der Waals surface area contributed by atoms with Gasteiger partial charge in [-0.2, -0.15) is 0 Å². The van der Waals surface area contributed by atoms with E-state index in [-0.39, 0.29) is 6.54 Å². The second-order valence-corrected chi connectivity index (χ2v) is 9.59. The second-order valence-electron chi connectivity index (χ2n) is 9.15. The lowest BCUT2D eigenvalue weighted by Crippen LogP contribution is -2.41. The Balaban J connectivity index is 2.30. The van der Waals surface area contributed by atoms with Crippen molar-refractivity contribution >= 4 is 36.5 Å². The lowest BCUT2D eigenvalue weighted by atomic mass is 9.77. The quantitative estimate of drug-likeness (QED) is 0.558. The summed E-state index contributed by atoms with van der Waals surface area (Å²) in [6.07, 6.45) is 1.41. The van der Waals surface area contributed by atoms with Crippen LogP contribution in [-0.4, -0.2) is 41.5 Å². The normalized spacial score (nSPS) is 18.4. The molecular weight excluding hydrogens is 387 g/mol. The van der Waals surface area contributed by atoms with E-state index < -0.39 is 30.0 Å². The third kappa shape index (κ3) is 6.29. The van der Waals surface area contributed by atoms with E-state index in [4.69, 9.17) is 32.0 Å². The minimum absolute atomic E-state index is 0.211. The Morgan fingerprint density at radius 1 is 1.24 bits per heavy atom. The van der Waals surface area contributed by atoms with E-state index >= 15 is 0 Å². The highest BCUT2D eigenvalue weighted by Crippen LogP contribution is 2.38. The number of rotatable bonds is 5. The third-order valence-electron chi connectivity index (χ3n) is 4.91. The molecule has 0 atom stereocenters.